The Bertz CT molecular complexity index is 891. The summed E-state index contributed by atoms with van der Waals surface area (Å²) in [4.78, 5) is 23.5. The highest BCUT2D eigenvalue weighted by Gasteiger charge is 2.27. The summed E-state index contributed by atoms with van der Waals surface area (Å²) in [6.07, 6.45) is 6.09. The molecule has 3 aromatic rings. The molecular weight excluding hydrogens is 363 g/mol. The van der Waals surface area contributed by atoms with Crippen LogP contribution in [0.25, 0.3) is 0 Å². The normalized spacial score (nSPS) is 17.2. The van der Waals surface area contributed by atoms with E-state index in [-0.39, 0.29) is 17.6 Å². The van der Waals surface area contributed by atoms with Crippen molar-refractivity contribution in [3.05, 3.63) is 70.4 Å². The molecule has 3 heterocycles. The number of likely N-dealkylation sites (tertiary alicyclic amines) is 1. The lowest BCUT2D eigenvalue weighted by molar-refractivity contribution is -0.131. The highest BCUT2D eigenvalue weighted by molar-refractivity contribution is 7.07. The second-order valence-corrected chi connectivity index (χ2v) is 7.59. The van der Waals surface area contributed by atoms with E-state index in [9.17, 15) is 9.18 Å². The zero-order valence-corrected chi connectivity index (χ0v) is 15.7. The van der Waals surface area contributed by atoms with Gasteiger partial charge in [-0.2, -0.15) is 0 Å². The first-order valence-corrected chi connectivity index (χ1v) is 10.0. The van der Waals surface area contributed by atoms with E-state index in [2.05, 4.69) is 14.5 Å². The first-order valence-electron chi connectivity index (χ1n) is 9.09. The molecule has 0 spiro atoms. The topological polar surface area (TPSA) is 51.0 Å². The fourth-order valence-electron chi connectivity index (χ4n) is 3.61. The summed E-state index contributed by atoms with van der Waals surface area (Å²) in [5.74, 6) is 1.05. The summed E-state index contributed by atoms with van der Waals surface area (Å²) in [7, 11) is 0. The van der Waals surface area contributed by atoms with Crippen LogP contribution in [0.15, 0.2) is 47.5 Å². The van der Waals surface area contributed by atoms with Crippen LogP contribution in [0.1, 0.15) is 35.8 Å². The fraction of sp³-hybridized carbons (Fsp3) is 0.350. The van der Waals surface area contributed by atoms with Crippen molar-refractivity contribution in [2.75, 3.05) is 13.1 Å². The maximum Gasteiger partial charge on any atom is 0.227 e. The van der Waals surface area contributed by atoms with Gasteiger partial charge in [-0.25, -0.2) is 14.4 Å². The van der Waals surface area contributed by atoms with E-state index in [1.807, 2.05) is 28.2 Å². The van der Waals surface area contributed by atoms with Crippen molar-refractivity contribution in [2.24, 2.45) is 0 Å². The van der Waals surface area contributed by atoms with Crippen LogP contribution in [0.4, 0.5) is 4.39 Å². The van der Waals surface area contributed by atoms with Gasteiger partial charge in [0, 0.05) is 36.8 Å². The van der Waals surface area contributed by atoms with E-state index in [0.29, 0.717) is 19.5 Å². The van der Waals surface area contributed by atoms with Crippen molar-refractivity contribution in [1.29, 1.82) is 0 Å². The quantitative estimate of drug-likeness (QED) is 0.677. The molecule has 0 radical (unpaired) electrons. The third kappa shape index (κ3) is 4.24. The number of hydrogen-bond acceptors (Lipinski definition) is 4. The maximum atomic E-state index is 13.1. The number of piperidine rings is 1. The highest BCUT2D eigenvalue weighted by atomic mass is 32.1. The first kappa shape index (κ1) is 17.9. The highest BCUT2D eigenvalue weighted by Crippen LogP contribution is 2.27. The van der Waals surface area contributed by atoms with Crippen LogP contribution >= 0.6 is 11.3 Å². The predicted octanol–water partition coefficient (Wildman–Crippen LogP) is 3.48. The first-order chi connectivity index (χ1) is 13.2. The second kappa shape index (κ2) is 8.00. The average molecular weight is 384 g/mol. The summed E-state index contributed by atoms with van der Waals surface area (Å²) in [6.45, 7) is 2.15. The molecule has 7 heteroatoms. The van der Waals surface area contributed by atoms with Gasteiger partial charge in [0.1, 0.15) is 11.6 Å². The molecule has 0 N–H and O–H groups in total. The van der Waals surface area contributed by atoms with E-state index in [4.69, 9.17) is 0 Å². The summed E-state index contributed by atoms with van der Waals surface area (Å²) in [5.41, 5.74) is 3.70. The molecule has 4 rings (SSSR count). The van der Waals surface area contributed by atoms with E-state index in [1.54, 1.807) is 23.5 Å². The van der Waals surface area contributed by atoms with E-state index in [1.165, 1.54) is 12.1 Å². The summed E-state index contributed by atoms with van der Waals surface area (Å²) in [5, 5.41) is 2.04. The van der Waals surface area contributed by atoms with Gasteiger partial charge in [0.25, 0.3) is 0 Å². The Hall–Kier alpha value is -2.54. The van der Waals surface area contributed by atoms with Gasteiger partial charge >= 0.3 is 0 Å². The molecule has 0 bridgehead atoms. The maximum absolute atomic E-state index is 13.1. The Morgan fingerprint density at radius 3 is 2.89 bits per heavy atom. The molecule has 1 aromatic carbocycles. The van der Waals surface area contributed by atoms with Gasteiger partial charge in [-0.1, -0.05) is 12.1 Å². The third-order valence-corrected chi connectivity index (χ3v) is 5.61. The van der Waals surface area contributed by atoms with E-state index >= 15 is 0 Å². The van der Waals surface area contributed by atoms with Gasteiger partial charge in [-0.3, -0.25) is 4.79 Å². The van der Waals surface area contributed by atoms with E-state index < -0.39 is 0 Å². The number of benzene rings is 1. The Morgan fingerprint density at radius 2 is 2.11 bits per heavy atom. The molecule has 1 fully saturated rings. The van der Waals surface area contributed by atoms with Gasteiger partial charge < -0.3 is 9.47 Å². The number of thiazole rings is 1. The van der Waals surface area contributed by atoms with Gasteiger partial charge in [0.15, 0.2) is 0 Å². The summed E-state index contributed by atoms with van der Waals surface area (Å²) < 4.78 is 15.2. The molecular formula is C20H21FN4OS. The Labute approximate surface area is 161 Å². The molecule has 140 valence electrons. The molecule has 1 aliphatic rings. The molecule has 1 saturated heterocycles. The Balaban J connectivity index is 1.43. The number of carbonyl (C=O) groups is 1. The molecule has 1 atom stereocenters. The van der Waals surface area contributed by atoms with Crippen molar-refractivity contribution in [3.63, 3.8) is 0 Å². The molecule has 27 heavy (non-hydrogen) atoms. The van der Waals surface area contributed by atoms with Gasteiger partial charge in [-0.15, -0.1) is 11.3 Å². The van der Waals surface area contributed by atoms with Gasteiger partial charge in [0.2, 0.25) is 5.91 Å². The summed E-state index contributed by atoms with van der Waals surface area (Å²) >= 11 is 1.59. The smallest absolute Gasteiger partial charge is 0.227 e. The zero-order valence-electron chi connectivity index (χ0n) is 14.9. The van der Waals surface area contributed by atoms with Crippen LogP contribution in [0.3, 0.4) is 0 Å². The largest absolute Gasteiger partial charge is 0.342 e. The van der Waals surface area contributed by atoms with Crippen LogP contribution in [0.2, 0.25) is 0 Å². The minimum atomic E-state index is -0.281. The molecule has 0 saturated carbocycles. The lowest BCUT2D eigenvalue weighted by atomic mass is 9.96. The van der Waals surface area contributed by atoms with Crippen molar-refractivity contribution in [3.8, 4) is 0 Å². The fourth-order valence-corrected chi connectivity index (χ4v) is 4.16. The van der Waals surface area contributed by atoms with Crippen molar-refractivity contribution < 1.29 is 9.18 Å². The molecule has 0 aliphatic carbocycles. The minimum Gasteiger partial charge on any atom is -0.342 e. The second-order valence-electron chi connectivity index (χ2n) is 6.88. The minimum absolute atomic E-state index is 0.0870. The third-order valence-electron chi connectivity index (χ3n) is 4.97. The predicted molar refractivity (Wildman–Crippen MR) is 102 cm³/mol. The van der Waals surface area contributed by atoms with Crippen molar-refractivity contribution >= 4 is 17.2 Å². The zero-order chi connectivity index (χ0) is 18.6. The SMILES string of the molecule is O=C(Cc1ccc(F)cc1)N1CCC[C@H](c2nccn2Cc2cscn2)C1. The van der Waals surface area contributed by atoms with Gasteiger partial charge in [-0.05, 0) is 30.5 Å². The summed E-state index contributed by atoms with van der Waals surface area (Å²) in [6, 6.07) is 6.15. The van der Waals surface area contributed by atoms with Crippen LogP contribution in [-0.4, -0.2) is 38.4 Å². The van der Waals surface area contributed by atoms with Gasteiger partial charge in [0.05, 0.1) is 24.2 Å². The number of aromatic nitrogens is 3. The molecule has 2 aromatic heterocycles. The number of nitrogens with zero attached hydrogens (tertiary/aromatic N) is 4. The van der Waals surface area contributed by atoms with Crippen LogP contribution < -0.4 is 0 Å². The Kier molecular flexibility index (Phi) is 5.29. The van der Waals surface area contributed by atoms with Crippen molar-refractivity contribution in [1.82, 2.24) is 19.4 Å². The standard InChI is InChI=1S/C20H21FN4OS/c21-17-5-3-15(4-6-17)10-19(26)24-8-1-2-16(11-24)20-22-7-9-25(20)12-18-13-27-14-23-18/h3-7,9,13-14,16H,1-2,8,10-12H2/t16-/m0/s1. The number of hydrogen-bond donors (Lipinski definition) is 0. The molecule has 1 aliphatic heterocycles. The van der Waals surface area contributed by atoms with Crippen molar-refractivity contribution in [2.45, 2.75) is 31.7 Å². The molecule has 0 unspecified atom stereocenters. The molecule has 5 nitrogen and oxygen atoms in total. The lowest BCUT2D eigenvalue weighted by Crippen LogP contribution is -2.40. The number of rotatable bonds is 5. The number of carbonyl (C=O) groups excluding carboxylic acids is 1. The van der Waals surface area contributed by atoms with Crippen LogP contribution in [0.5, 0.6) is 0 Å². The Morgan fingerprint density at radius 1 is 1.26 bits per heavy atom. The number of imidazole rings is 1. The van der Waals surface area contributed by atoms with Crippen LogP contribution in [-0.2, 0) is 17.8 Å². The van der Waals surface area contributed by atoms with E-state index in [0.717, 1.165) is 36.5 Å². The monoisotopic (exact) mass is 384 g/mol. The average Bonchev–Trinajstić information content (AvgIpc) is 3.36. The number of amides is 1. The van der Waals surface area contributed by atoms with Crippen LogP contribution in [0, 0.1) is 5.82 Å². The lowest BCUT2D eigenvalue weighted by Gasteiger charge is -2.32. The number of halogens is 1. The molecule has 1 amide bonds.